The van der Waals surface area contributed by atoms with E-state index < -0.39 is 5.82 Å². The molecule has 1 heterocycles. The van der Waals surface area contributed by atoms with Crippen molar-refractivity contribution in [3.05, 3.63) is 59.4 Å². The van der Waals surface area contributed by atoms with Crippen LogP contribution in [0.2, 0.25) is 0 Å². The summed E-state index contributed by atoms with van der Waals surface area (Å²) in [6, 6.07) is 13.0. The average molecular weight is 338 g/mol. The van der Waals surface area contributed by atoms with Crippen LogP contribution in [0.4, 0.5) is 15.8 Å². The van der Waals surface area contributed by atoms with E-state index >= 15 is 0 Å². The number of rotatable bonds is 3. The summed E-state index contributed by atoms with van der Waals surface area (Å²) in [5.41, 5.74) is 2.08. The molecule has 3 rings (SSSR count). The Bertz CT molecular complexity index is 805. The number of hydrogen-bond donors (Lipinski definition) is 1. The molecule has 0 aromatic heterocycles. The molecule has 128 valence electrons. The Morgan fingerprint density at radius 2 is 1.80 bits per heavy atom. The van der Waals surface area contributed by atoms with Gasteiger partial charge in [-0.25, -0.2) is 4.39 Å². The number of piperazine rings is 1. The zero-order valence-electron chi connectivity index (χ0n) is 14.0. The second-order valence-electron chi connectivity index (χ2n) is 6.06. The highest BCUT2D eigenvalue weighted by Crippen LogP contribution is 2.28. The van der Waals surface area contributed by atoms with Crippen molar-refractivity contribution in [2.24, 2.45) is 0 Å². The molecule has 2 aromatic carbocycles. The van der Waals surface area contributed by atoms with Gasteiger partial charge in [-0.15, -0.1) is 0 Å². The molecule has 0 aliphatic carbocycles. The molecule has 0 bridgehead atoms. The lowest BCUT2D eigenvalue weighted by molar-refractivity contribution is 0.102. The number of nitrogens with zero attached hydrogens (tertiary/aromatic N) is 3. The molecule has 1 saturated heterocycles. The lowest BCUT2D eigenvalue weighted by Crippen LogP contribution is -2.44. The number of hydrogen-bond acceptors (Lipinski definition) is 4. The van der Waals surface area contributed by atoms with Crippen LogP contribution in [-0.2, 0) is 0 Å². The van der Waals surface area contributed by atoms with Crippen molar-refractivity contribution in [2.45, 2.75) is 0 Å². The Morgan fingerprint density at radius 3 is 2.44 bits per heavy atom. The highest BCUT2D eigenvalue weighted by atomic mass is 19.1. The van der Waals surface area contributed by atoms with Crippen LogP contribution in [0.1, 0.15) is 15.9 Å². The predicted octanol–water partition coefficient (Wildman–Crippen LogP) is 2.70. The standard InChI is InChI=1S/C19H19FN4O/c1-23-9-11-24(12-10-23)18-4-2-3-17(16(18)13-21)22-19(25)14-5-7-15(20)8-6-14/h2-8H,9-12H2,1H3,(H,22,25). The van der Waals surface area contributed by atoms with Crippen molar-refractivity contribution in [2.75, 3.05) is 43.4 Å². The molecule has 5 nitrogen and oxygen atoms in total. The highest BCUT2D eigenvalue weighted by Gasteiger charge is 2.19. The summed E-state index contributed by atoms with van der Waals surface area (Å²) in [7, 11) is 2.07. The van der Waals surface area contributed by atoms with Gasteiger partial charge in [-0.2, -0.15) is 5.26 Å². The van der Waals surface area contributed by atoms with Crippen LogP contribution in [-0.4, -0.2) is 44.0 Å². The molecule has 0 radical (unpaired) electrons. The monoisotopic (exact) mass is 338 g/mol. The molecule has 1 aliphatic rings. The fraction of sp³-hybridized carbons (Fsp3) is 0.263. The third kappa shape index (κ3) is 3.78. The normalized spacial score (nSPS) is 14.8. The van der Waals surface area contributed by atoms with E-state index in [1.807, 2.05) is 12.1 Å². The number of likely N-dealkylation sites (N-methyl/N-ethyl adjacent to an activating group) is 1. The second kappa shape index (κ2) is 7.32. The first-order valence-electron chi connectivity index (χ1n) is 8.12. The molecular weight excluding hydrogens is 319 g/mol. The number of nitriles is 1. The summed E-state index contributed by atoms with van der Waals surface area (Å²) in [4.78, 5) is 16.8. The van der Waals surface area contributed by atoms with Gasteiger partial charge in [0.05, 0.1) is 16.9 Å². The van der Waals surface area contributed by atoms with Crippen LogP contribution in [0.5, 0.6) is 0 Å². The number of benzene rings is 2. The van der Waals surface area contributed by atoms with Crippen LogP contribution in [0.3, 0.4) is 0 Å². The van der Waals surface area contributed by atoms with E-state index in [0.29, 0.717) is 16.8 Å². The number of amides is 1. The second-order valence-corrected chi connectivity index (χ2v) is 6.06. The van der Waals surface area contributed by atoms with Gasteiger partial charge in [0.15, 0.2) is 0 Å². The zero-order valence-corrected chi connectivity index (χ0v) is 14.0. The van der Waals surface area contributed by atoms with Crippen LogP contribution in [0.15, 0.2) is 42.5 Å². The van der Waals surface area contributed by atoms with Crippen molar-refractivity contribution < 1.29 is 9.18 Å². The molecule has 1 N–H and O–H groups in total. The minimum atomic E-state index is -0.397. The van der Waals surface area contributed by atoms with Gasteiger partial charge >= 0.3 is 0 Å². The smallest absolute Gasteiger partial charge is 0.255 e. The van der Waals surface area contributed by atoms with E-state index in [4.69, 9.17) is 0 Å². The fourth-order valence-corrected chi connectivity index (χ4v) is 2.87. The SMILES string of the molecule is CN1CCN(c2cccc(NC(=O)c3ccc(F)cc3)c2C#N)CC1. The van der Waals surface area contributed by atoms with Gasteiger partial charge < -0.3 is 15.1 Å². The van der Waals surface area contributed by atoms with E-state index in [1.165, 1.54) is 24.3 Å². The summed E-state index contributed by atoms with van der Waals surface area (Å²) in [5.74, 6) is -0.765. The van der Waals surface area contributed by atoms with Crippen molar-refractivity contribution in [3.8, 4) is 6.07 Å². The van der Waals surface area contributed by atoms with Gasteiger partial charge in [0, 0.05) is 31.7 Å². The summed E-state index contributed by atoms with van der Waals surface area (Å²) in [5, 5.41) is 12.4. The van der Waals surface area contributed by atoms with Gasteiger partial charge in [-0.05, 0) is 43.4 Å². The molecule has 6 heteroatoms. The van der Waals surface area contributed by atoms with E-state index in [1.54, 1.807) is 6.07 Å². The molecular formula is C19H19FN4O. The molecule has 25 heavy (non-hydrogen) atoms. The molecule has 0 atom stereocenters. The summed E-state index contributed by atoms with van der Waals surface area (Å²) < 4.78 is 13.0. The van der Waals surface area contributed by atoms with Crippen molar-refractivity contribution in [3.63, 3.8) is 0 Å². The van der Waals surface area contributed by atoms with Crippen LogP contribution < -0.4 is 10.2 Å². The van der Waals surface area contributed by atoms with Crippen LogP contribution in [0.25, 0.3) is 0 Å². The summed E-state index contributed by atoms with van der Waals surface area (Å²) >= 11 is 0. The van der Waals surface area contributed by atoms with Crippen molar-refractivity contribution in [1.29, 1.82) is 5.26 Å². The maximum absolute atomic E-state index is 13.0. The zero-order chi connectivity index (χ0) is 17.8. The average Bonchev–Trinajstić information content (AvgIpc) is 2.62. The predicted molar refractivity (Wildman–Crippen MR) is 95.2 cm³/mol. The topological polar surface area (TPSA) is 59.4 Å². The first kappa shape index (κ1) is 16.9. The number of halogens is 1. The van der Waals surface area contributed by atoms with Gasteiger partial charge in [0.25, 0.3) is 5.91 Å². The minimum Gasteiger partial charge on any atom is -0.368 e. The Labute approximate surface area is 146 Å². The summed E-state index contributed by atoms with van der Waals surface area (Å²) in [6.07, 6.45) is 0. The van der Waals surface area contributed by atoms with Crippen molar-refractivity contribution in [1.82, 2.24) is 4.90 Å². The molecule has 0 saturated carbocycles. The molecule has 2 aromatic rings. The van der Waals surface area contributed by atoms with Gasteiger partial charge in [0.1, 0.15) is 11.9 Å². The fourth-order valence-electron chi connectivity index (χ4n) is 2.87. The number of carbonyl (C=O) groups excluding carboxylic acids is 1. The van der Waals surface area contributed by atoms with Gasteiger partial charge in [-0.3, -0.25) is 4.79 Å². The maximum atomic E-state index is 13.0. The highest BCUT2D eigenvalue weighted by molar-refractivity contribution is 6.05. The Hall–Kier alpha value is -2.91. The number of nitrogens with one attached hydrogen (secondary N) is 1. The van der Waals surface area contributed by atoms with Crippen LogP contribution >= 0.6 is 0 Å². The quantitative estimate of drug-likeness (QED) is 0.935. The van der Waals surface area contributed by atoms with E-state index in [9.17, 15) is 14.4 Å². The molecule has 0 unspecified atom stereocenters. The Kier molecular flexibility index (Phi) is 4.96. The Balaban J connectivity index is 1.84. The molecule has 1 amide bonds. The van der Waals surface area contributed by atoms with E-state index in [0.717, 1.165) is 31.9 Å². The first-order chi connectivity index (χ1) is 12.1. The largest absolute Gasteiger partial charge is 0.368 e. The molecule has 0 spiro atoms. The lowest BCUT2D eigenvalue weighted by Gasteiger charge is -2.34. The third-order valence-electron chi connectivity index (χ3n) is 4.35. The van der Waals surface area contributed by atoms with Gasteiger partial charge in [0.2, 0.25) is 0 Å². The number of anilines is 2. The van der Waals surface area contributed by atoms with E-state index in [2.05, 4.69) is 28.2 Å². The first-order valence-corrected chi connectivity index (χ1v) is 8.12. The van der Waals surface area contributed by atoms with Gasteiger partial charge in [-0.1, -0.05) is 6.07 Å². The molecule has 1 aliphatic heterocycles. The van der Waals surface area contributed by atoms with E-state index in [-0.39, 0.29) is 5.91 Å². The lowest BCUT2D eigenvalue weighted by atomic mass is 10.1. The van der Waals surface area contributed by atoms with Crippen molar-refractivity contribution >= 4 is 17.3 Å². The minimum absolute atomic E-state index is 0.343. The Morgan fingerprint density at radius 1 is 1.12 bits per heavy atom. The molecule has 1 fully saturated rings. The van der Waals surface area contributed by atoms with Crippen LogP contribution in [0, 0.1) is 17.1 Å². The maximum Gasteiger partial charge on any atom is 0.255 e. The summed E-state index contributed by atoms with van der Waals surface area (Å²) in [6.45, 7) is 3.52. The number of carbonyl (C=O) groups is 1. The third-order valence-corrected chi connectivity index (χ3v) is 4.35.